The monoisotopic (exact) mass is 277 g/mol. The summed E-state index contributed by atoms with van der Waals surface area (Å²) in [5.74, 6) is 1.11. The number of ether oxygens (including phenoxy) is 1. The minimum atomic E-state index is 0.420. The number of hydrogen-bond donors (Lipinski definition) is 1. The van der Waals surface area contributed by atoms with Crippen molar-refractivity contribution >= 4 is 11.6 Å². The van der Waals surface area contributed by atoms with Gasteiger partial charge in [0, 0.05) is 30.9 Å². The summed E-state index contributed by atoms with van der Waals surface area (Å²) in [6, 6.07) is 7.80. The van der Waals surface area contributed by atoms with E-state index in [1.54, 1.807) is 24.5 Å². The van der Waals surface area contributed by atoms with Gasteiger partial charge in [-0.1, -0.05) is 31.5 Å². The topological polar surface area (TPSA) is 47.0 Å². The molecule has 0 spiro atoms. The fourth-order valence-electron chi connectivity index (χ4n) is 1.49. The fraction of sp³-hybridized carbons (Fsp3) is 0.286. The first-order valence-electron chi connectivity index (χ1n) is 6.11. The summed E-state index contributed by atoms with van der Waals surface area (Å²) in [4.78, 5) is 8.38. The Morgan fingerprint density at radius 1 is 1.32 bits per heavy atom. The van der Waals surface area contributed by atoms with E-state index in [-0.39, 0.29) is 0 Å². The van der Waals surface area contributed by atoms with Crippen LogP contribution in [0.25, 0.3) is 0 Å². The Morgan fingerprint density at radius 2 is 2.16 bits per heavy atom. The Hall–Kier alpha value is -1.65. The van der Waals surface area contributed by atoms with Crippen molar-refractivity contribution in [3.05, 3.63) is 47.4 Å². The first kappa shape index (κ1) is 13.8. The fourth-order valence-corrected chi connectivity index (χ4v) is 1.65. The number of hydrogen-bond acceptors (Lipinski definition) is 4. The first-order chi connectivity index (χ1) is 9.13. The maximum absolute atomic E-state index is 5.85. The quantitative estimate of drug-likeness (QED) is 0.910. The molecule has 0 unspecified atom stereocenters. The summed E-state index contributed by atoms with van der Waals surface area (Å²) >= 11 is 5.85. The van der Waals surface area contributed by atoms with Gasteiger partial charge in [-0.15, -0.1) is 0 Å². The Morgan fingerprint density at radius 3 is 2.89 bits per heavy atom. The molecule has 2 aromatic heterocycles. The Labute approximate surface area is 117 Å². The van der Waals surface area contributed by atoms with Crippen LogP contribution in [0.3, 0.4) is 0 Å². The van der Waals surface area contributed by atoms with Crippen LogP contribution in [0.5, 0.6) is 11.6 Å². The lowest BCUT2D eigenvalue weighted by Crippen LogP contribution is -2.22. The summed E-state index contributed by atoms with van der Waals surface area (Å²) in [6.07, 6.45) is 3.16. The van der Waals surface area contributed by atoms with E-state index in [9.17, 15) is 0 Å². The molecule has 0 fully saturated rings. The molecular formula is C14H16ClN3O. The third-order valence-electron chi connectivity index (χ3n) is 2.37. The van der Waals surface area contributed by atoms with Crippen molar-refractivity contribution in [2.24, 2.45) is 0 Å². The lowest BCUT2D eigenvalue weighted by Gasteiger charge is -2.09. The average molecular weight is 278 g/mol. The average Bonchev–Trinajstić information content (AvgIpc) is 2.37. The molecule has 5 heteroatoms. The van der Waals surface area contributed by atoms with Gasteiger partial charge in [0.05, 0.1) is 16.9 Å². The number of pyridine rings is 2. The van der Waals surface area contributed by atoms with Gasteiger partial charge in [-0.2, -0.15) is 0 Å². The van der Waals surface area contributed by atoms with Crippen molar-refractivity contribution < 1.29 is 4.74 Å². The summed E-state index contributed by atoms with van der Waals surface area (Å²) in [6.45, 7) is 4.90. The van der Waals surface area contributed by atoms with Gasteiger partial charge >= 0.3 is 0 Å². The minimum absolute atomic E-state index is 0.420. The van der Waals surface area contributed by atoms with Crippen LogP contribution in [0.15, 0.2) is 36.7 Å². The van der Waals surface area contributed by atoms with Gasteiger partial charge in [-0.3, -0.25) is 4.98 Å². The van der Waals surface area contributed by atoms with Crippen LogP contribution in [-0.4, -0.2) is 16.0 Å². The number of nitrogens with zero attached hydrogens (tertiary/aromatic N) is 2. The van der Waals surface area contributed by atoms with E-state index in [0.717, 1.165) is 5.69 Å². The van der Waals surface area contributed by atoms with Crippen molar-refractivity contribution in [3.63, 3.8) is 0 Å². The number of nitrogens with one attached hydrogen (secondary N) is 1. The molecule has 2 rings (SSSR count). The molecule has 0 aliphatic heterocycles. The van der Waals surface area contributed by atoms with E-state index in [4.69, 9.17) is 16.3 Å². The van der Waals surface area contributed by atoms with Crippen LogP contribution in [0.1, 0.15) is 19.5 Å². The Balaban J connectivity index is 2.06. The lowest BCUT2D eigenvalue weighted by atomic mass is 10.3. The molecule has 4 nitrogen and oxygen atoms in total. The van der Waals surface area contributed by atoms with E-state index in [1.807, 2.05) is 12.1 Å². The molecule has 100 valence electrons. The van der Waals surface area contributed by atoms with Gasteiger partial charge in [-0.25, -0.2) is 4.98 Å². The third kappa shape index (κ3) is 4.50. The lowest BCUT2D eigenvalue weighted by molar-refractivity contribution is 0.456. The highest BCUT2D eigenvalue weighted by Crippen LogP contribution is 2.21. The predicted octanol–water partition coefficient (Wildman–Crippen LogP) is 3.42. The van der Waals surface area contributed by atoms with Crippen LogP contribution < -0.4 is 10.1 Å². The van der Waals surface area contributed by atoms with Crippen LogP contribution in [0.4, 0.5) is 0 Å². The second-order valence-electron chi connectivity index (χ2n) is 4.44. The maximum atomic E-state index is 5.85. The molecule has 2 heterocycles. The molecule has 0 aliphatic rings. The highest BCUT2D eigenvalue weighted by Gasteiger charge is 2.02. The van der Waals surface area contributed by atoms with Gasteiger partial charge in [0.15, 0.2) is 0 Å². The maximum Gasteiger partial charge on any atom is 0.219 e. The van der Waals surface area contributed by atoms with Gasteiger partial charge in [0.2, 0.25) is 5.88 Å². The van der Waals surface area contributed by atoms with E-state index in [2.05, 4.69) is 29.1 Å². The molecule has 1 N–H and O–H groups in total. The highest BCUT2D eigenvalue weighted by molar-refractivity contribution is 6.30. The zero-order chi connectivity index (χ0) is 13.7. The van der Waals surface area contributed by atoms with E-state index in [0.29, 0.717) is 29.2 Å². The van der Waals surface area contributed by atoms with Crippen LogP contribution in [0.2, 0.25) is 5.02 Å². The van der Waals surface area contributed by atoms with E-state index < -0.39 is 0 Å². The van der Waals surface area contributed by atoms with Crippen molar-refractivity contribution in [3.8, 4) is 11.6 Å². The van der Waals surface area contributed by atoms with Gasteiger partial charge in [-0.05, 0) is 6.07 Å². The zero-order valence-electron chi connectivity index (χ0n) is 10.9. The number of halogens is 1. The smallest absolute Gasteiger partial charge is 0.219 e. The second-order valence-corrected chi connectivity index (χ2v) is 4.88. The van der Waals surface area contributed by atoms with Crippen molar-refractivity contribution in [1.29, 1.82) is 0 Å². The minimum Gasteiger partial charge on any atom is -0.437 e. The molecule has 0 aromatic carbocycles. The summed E-state index contributed by atoms with van der Waals surface area (Å²) < 4.78 is 5.62. The molecule has 0 radical (unpaired) electrons. The Bertz CT molecular complexity index is 546. The van der Waals surface area contributed by atoms with Gasteiger partial charge in [0.1, 0.15) is 5.75 Å². The SMILES string of the molecule is CC(C)NCc1cccc(Oc2cncc(Cl)c2)n1. The summed E-state index contributed by atoms with van der Waals surface area (Å²) in [5.41, 5.74) is 0.932. The van der Waals surface area contributed by atoms with Crippen LogP contribution in [0, 0.1) is 0 Å². The van der Waals surface area contributed by atoms with Crippen molar-refractivity contribution in [2.75, 3.05) is 0 Å². The molecular weight excluding hydrogens is 262 g/mol. The molecule has 0 atom stereocenters. The molecule has 0 amide bonds. The standard InChI is InChI=1S/C14H16ClN3O/c1-10(2)17-8-12-4-3-5-14(18-12)19-13-6-11(15)7-16-9-13/h3-7,9-10,17H,8H2,1-2H3. The largest absolute Gasteiger partial charge is 0.437 e. The Kier molecular flexibility index (Phi) is 4.71. The van der Waals surface area contributed by atoms with Gasteiger partial charge < -0.3 is 10.1 Å². The summed E-state index contributed by atoms with van der Waals surface area (Å²) in [5, 5.41) is 3.85. The highest BCUT2D eigenvalue weighted by atomic mass is 35.5. The van der Waals surface area contributed by atoms with Crippen LogP contribution in [-0.2, 0) is 6.54 Å². The van der Waals surface area contributed by atoms with E-state index in [1.165, 1.54) is 0 Å². The van der Waals surface area contributed by atoms with E-state index >= 15 is 0 Å². The van der Waals surface area contributed by atoms with Gasteiger partial charge in [0.25, 0.3) is 0 Å². The molecule has 0 aliphatic carbocycles. The molecule has 0 saturated carbocycles. The predicted molar refractivity (Wildman–Crippen MR) is 75.5 cm³/mol. The second kappa shape index (κ2) is 6.50. The molecule has 0 bridgehead atoms. The van der Waals surface area contributed by atoms with Crippen molar-refractivity contribution in [1.82, 2.24) is 15.3 Å². The number of rotatable bonds is 5. The summed E-state index contributed by atoms with van der Waals surface area (Å²) in [7, 11) is 0. The number of aromatic nitrogens is 2. The zero-order valence-corrected chi connectivity index (χ0v) is 11.7. The van der Waals surface area contributed by atoms with Crippen molar-refractivity contribution in [2.45, 2.75) is 26.4 Å². The molecule has 0 saturated heterocycles. The first-order valence-corrected chi connectivity index (χ1v) is 6.49. The molecule has 2 aromatic rings. The third-order valence-corrected chi connectivity index (χ3v) is 2.58. The molecule has 19 heavy (non-hydrogen) atoms. The van der Waals surface area contributed by atoms with Crippen LogP contribution >= 0.6 is 11.6 Å². The normalized spacial score (nSPS) is 10.7.